The molecule has 0 aliphatic rings. The van der Waals surface area contributed by atoms with Gasteiger partial charge in [0, 0.05) is 27.7 Å². The Morgan fingerprint density at radius 1 is 1.00 bits per heavy atom. The molecule has 0 radical (unpaired) electrons. The fraction of sp³-hybridized carbons (Fsp3) is 0.368. The molecule has 0 saturated heterocycles. The Bertz CT molecular complexity index is 687. The minimum atomic E-state index is 0. The van der Waals surface area contributed by atoms with E-state index in [4.69, 9.17) is 32.7 Å². The predicted octanol–water partition coefficient (Wildman–Crippen LogP) is 5.12. The van der Waals surface area contributed by atoms with Crippen molar-refractivity contribution in [2.45, 2.75) is 19.6 Å². The second-order valence-electron chi connectivity index (χ2n) is 5.61. The molecule has 2 N–H and O–H groups in total. The summed E-state index contributed by atoms with van der Waals surface area (Å²) in [6, 6.07) is 11.3. The molecule has 0 heterocycles. The lowest BCUT2D eigenvalue weighted by molar-refractivity contribution is 0.280. The van der Waals surface area contributed by atoms with Crippen LogP contribution in [0.2, 0.25) is 10.0 Å². The molecule has 0 unspecified atom stereocenters. The normalized spacial score (nSPS) is 9.93. The van der Waals surface area contributed by atoms with Crippen LogP contribution in [-0.2, 0) is 13.2 Å². The molecule has 0 aliphatic carbocycles. The third-order valence-electron chi connectivity index (χ3n) is 3.76. The predicted molar refractivity (Wildman–Crippen MR) is 119 cm³/mol. The van der Waals surface area contributed by atoms with Crippen LogP contribution in [0.4, 0.5) is 0 Å². The average molecular weight is 456 g/mol. The summed E-state index contributed by atoms with van der Waals surface area (Å²) < 4.78 is 11.5. The molecular weight excluding hydrogens is 430 g/mol. The number of ether oxygens (including phenoxy) is 2. The first kappa shape index (κ1) is 26.1. The van der Waals surface area contributed by atoms with Gasteiger partial charge in [0.2, 0.25) is 0 Å². The Balaban J connectivity index is 0.00000338. The lowest BCUT2D eigenvalue weighted by Crippen LogP contribution is -2.19. The van der Waals surface area contributed by atoms with Crippen LogP contribution in [0.25, 0.3) is 0 Å². The smallest absolute Gasteiger partial charge is 0.166 e. The number of nitrogens with one attached hydrogen (secondary N) is 2. The van der Waals surface area contributed by atoms with E-state index in [1.807, 2.05) is 31.3 Å². The van der Waals surface area contributed by atoms with Crippen LogP contribution in [0, 0.1) is 0 Å². The molecule has 2 rings (SSSR count). The van der Waals surface area contributed by atoms with Gasteiger partial charge < -0.3 is 20.1 Å². The molecule has 0 aliphatic heterocycles. The SMILES string of the molecule is CNCCCNCc1cccc(OC)c1OCc1ccc(Cl)cc1Cl.Cl.Cl. The maximum Gasteiger partial charge on any atom is 0.166 e. The number of hydrogen-bond donors (Lipinski definition) is 2. The van der Waals surface area contributed by atoms with E-state index in [9.17, 15) is 0 Å². The standard InChI is InChI=1S/C19H24Cl2N2O2.2ClH/c1-22-9-4-10-23-12-14-5-3-6-18(24-2)19(14)25-13-15-7-8-16(20)11-17(15)21;;/h3,5-8,11,22-23H,4,9-10,12-13H2,1-2H3;2*1H. The topological polar surface area (TPSA) is 42.5 Å². The van der Waals surface area contributed by atoms with Crippen molar-refractivity contribution in [2.75, 3.05) is 27.2 Å². The van der Waals surface area contributed by atoms with Gasteiger partial charge in [-0.25, -0.2) is 0 Å². The zero-order valence-electron chi connectivity index (χ0n) is 15.4. The van der Waals surface area contributed by atoms with E-state index in [1.54, 1.807) is 19.2 Å². The lowest BCUT2D eigenvalue weighted by atomic mass is 10.1. The van der Waals surface area contributed by atoms with Gasteiger partial charge in [0.05, 0.1) is 7.11 Å². The Hall–Kier alpha value is -0.880. The van der Waals surface area contributed by atoms with E-state index in [-0.39, 0.29) is 24.8 Å². The summed E-state index contributed by atoms with van der Waals surface area (Å²) in [6.45, 7) is 2.98. The minimum Gasteiger partial charge on any atom is -0.493 e. The van der Waals surface area contributed by atoms with Gasteiger partial charge in [-0.3, -0.25) is 0 Å². The van der Waals surface area contributed by atoms with E-state index < -0.39 is 0 Å². The summed E-state index contributed by atoms with van der Waals surface area (Å²) in [4.78, 5) is 0. The third kappa shape index (κ3) is 8.34. The average Bonchev–Trinajstić information content (AvgIpc) is 2.61. The Morgan fingerprint density at radius 2 is 1.78 bits per heavy atom. The number of hydrogen-bond acceptors (Lipinski definition) is 4. The van der Waals surface area contributed by atoms with Crippen LogP contribution in [-0.4, -0.2) is 27.2 Å². The van der Waals surface area contributed by atoms with Crippen molar-refractivity contribution >= 4 is 48.0 Å². The maximum absolute atomic E-state index is 6.23. The Morgan fingerprint density at radius 3 is 2.44 bits per heavy atom. The molecule has 0 amide bonds. The zero-order valence-corrected chi connectivity index (χ0v) is 18.5. The first-order chi connectivity index (χ1) is 12.2. The molecule has 0 bridgehead atoms. The molecule has 8 heteroatoms. The van der Waals surface area contributed by atoms with Gasteiger partial charge >= 0.3 is 0 Å². The molecule has 0 atom stereocenters. The molecule has 0 saturated carbocycles. The van der Waals surface area contributed by atoms with Gasteiger partial charge in [-0.1, -0.05) is 41.4 Å². The van der Waals surface area contributed by atoms with Gasteiger partial charge in [0.15, 0.2) is 11.5 Å². The number of benzene rings is 2. The quantitative estimate of drug-likeness (QED) is 0.487. The first-order valence-electron chi connectivity index (χ1n) is 8.23. The summed E-state index contributed by atoms with van der Waals surface area (Å²) in [5.41, 5.74) is 1.93. The monoisotopic (exact) mass is 454 g/mol. The van der Waals surface area contributed by atoms with E-state index in [0.29, 0.717) is 28.9 Å². The summed E-state index contributed by atoms with van der Waals surface area (Å²) in [5.74, 6) is 1.44. The highest BCUT2D eigenvalue weighted by Gasteiger charge is 2.12. The second-order valence-corrected chi connectivity index (χ2v) is 6.45. The Labute approximate surface area is 183 Å². The van der Waals surface area contributed by atoms with Crippen LogP contribution in [0.5, 0.6) is 11.5 Å². The van der Waals surface area contributed by atoms with Gasteiger partial charge in [-0.05, 0) is 44.8 Å². The van der Waals surface area contributed by atoms with Crippen LogP contribution in [0.15, 0.2) is 36.4 Å². The molecule has 4 nitrogen and oxygen atoms in total. The molecular formula is C19H26Cl4N2O2. The molecule has 2 aromatic rings. The Kier molecular flexibility index (Phi) is 13.7. The largest absolute Gasteiger partial charge is 0.493 e. The van der Waals surface area contributed by atoms with Gasteiger partial charge in [-0.15, -0.1) is 24.8 Å². The highest BCUT2D eigenvalue weighted by atomic mass is 35.5. The van der Waals surface area contributed by atoms with E-state index >= 15 is 0 Å². The highest BCUT2D eigenvalue weighted by Crippen LogP contribution is 2.32. The summed E-state index contributed by atoms with van der Waals surface area (Å²) in [5, 5.41) is 7.76. The number of halogens is 4. The molecule has 152 valence electrons. The zero-order chi connectivity index (χ0) is 18.1. The third-order valence-corrected chi connectivity index (χ3v) is 4.35. The summed E-state index contributed by atoms with van der Waals surface area (Å²) >= 11 is 12.2. The van der Waals surface area contributed by atoms with Crippen molar-refractivity contribution < 1.29 is 9.47 Å². The second kappa shape index (κ2) is 14.2. The van der Waals surface area contributed by atoms with Crippen molar-refractivity contribution in [1.82, 2.24) is 10.6 Å². The van der Waals surface area contributed by atoms with Crippen molar-refractivity contribution in [2.24, 2.45) is 0 Å². The van der Waals surface area contributed by atoms with Crippen LogP contribution < -0.4 is 20.1 Å². The minimum absolute atomic E-state index is 0. The molecule has 0 fully saturated rings. The van der Waals surface area contributed by atoms with E-state index in [1.165, 1.54) is 0 Å². The number of rotatable bonds is 10. The molecule has 0 spiro atoms. The van der Waals surface area contributed by atoms with Crippen molar-refractivity contribution in [3.8, 4) is 11.5 Å². The fourth-order valence-corrected chi connectivity index (χ4v) is 2.89. The summed E-state index contributed by atoms with van der Waals surface area (Å²) in [6.07, 6.45) is 1.07. The fourth-order valence-electron chi connectivity index (χ4n) is 2.43. The lowest BCUT2D eigenvalue weighted by Gasteiger charge is -2.16. The molecule has 27 heavy (non-hydrogen) atoms. The maximum atomic E-state index is 6.23. The van der Waals surface area contributed by atoms with E-state index in [2.05, 4.69) is 10.6 Å². The van der Waals surface area contributed by atoms with Crippen LogP contribution in [0.1, 0.15) is 17.5 Å². The van der Waals surface area contributed by atoms with Gasteiger partial charge in [-0.2, -0.15) is 0 Å². The number of methoxy groups -OCH3 is 1. The molecule has 0 aromatic heterocycles. The van der Waals surface area contributed by atoms with Crippen molar-refractivity contribution in [3.63, 3.8) is 0 Å². The van der Waals surface area contributed by atoms with Crippen molar-refractivity contribution in [1.29, 1.82) is 0 Å². The van der Waals surface area contributed by atoms with E-state index in [0.717, 1.165) is 36.4 Å². The molecule has 2 aromatic carbocycles. The van der Waals surface area contributed by atoms with Crippen LogP contribution >= 0.6 is 48.0 Å². The highest BCUT2D eigenvalue weighted by molar-refractivity contribution is 6.35. The van der Waals surface area contributed by atoms with Crippen molar-refractivity contribution in [3.05, 3.63) is 57.6 Å². The van der Waals surface area contributed by atoms with Gasteiger partial charge in [0.25, 0.3) is 0 Å². The summed E-state index contributed by atoms with van der Waals surface area (Å²) in [7, 11) is 3.59. The van der Waals surface area contributed by atoms with Gasteiger partial charge in [0.1, 0.15) is 6.61 Å². The first-order valence-corrected chi connectivity index (χ1v) is 8.99. The number of para-hydroxylation sites is 1. The van der Waals surface area contributed by atoms with Crippen LogP contribution in [0.3, 0.4) is 0 Å².